The predicted molar refractivity (Wildman–Crippen MR) is 63.1 cm³/mol. The smallest absolute Gasteiger partial charge is 0.313 e. The van der Waals surface area contributed by atoms with Crippen molar-refractivity contribution in [2.24, 2.45) is 0 Å². The Morgan fingerprint density at radius 3 is 2.94 bits per heavy atom. The zero-order valence-electron chi connectivity index (χ0n) is 9.74. The third-order valence-electron chi connectivity index (χ3n) is 3.18. The van der Waals surface area contributed by atoms with Crippen LogP contribution in [0.15, 0.2) is 24.3 Å². The van der Waals surface area contributed by atoms with Crippen LogP contribution in [-0.4, -0.2) is 5.97 Å². The number of hydrogen-bond acceptors (Lipinski definition) is 2. The normalized spacial score (nSPS) is 19.1. The van der Waals surface area contributed by atoms with Crippen LogP contribution in [0, 0.1) is 0 Å². The van der Waals surface area contributed by atoms with Gasteiger partial charge in [0.2, 0.25) is 0 Å². The van der Waals surface area contributed by atoms with E-state index in [0.29, 0.717) is 6.61 Å². The molecule has 1 aliphatic rings. The minimum absolute atomic E-state index is 0.0310. The van der Waals surface area contributed by atoms with Crippen LogP contribution in [0.5, 0.6) is 0 Å². The number of carbonyl (C=O) groups excluding carboxylic acids is 1. The number of unbranched alkanes of at least 4 members (excludes halogenated alkanes) is 2. The Morgan fingerprint density at radius 2 is 2.12 bits per heavy atom. The van der Waals surface area contributed by atoms with Gasteiger partial charge in [-0.2, -0.15) is 0 Å². The molecule has 0 spiro atoms. The van der Waals surface area contributed by atoms with Crippen molar-refractivity contribution in [3.05, 3.63) is 35.4 Å². The summed E-state index contributed by atoms with van der Waals surface area (Å²) in [5, 5.41) is 0. The molecule has 0 fully saturated rings. The van der Waals surface area contributed by atoms with Gasteiger partial charge in [0.15, 0.2) is 0 Å². The number of cyclic esters (lactones) is 1. The highest BCUT2D eigenvalue weighted by Crippen LogP contribution is 2.31. The van der Waals surface area contributed by atoms with Gasteiger partial charge in [-0.25, -0.2) is 0 Å². The minimum atomic E-state index is -0.0465. The Morgan fingerprint density at radius 1 is 1.31 bits per heavy atom. The van der Waals surface area contributed by atoms with Crippen molar-refractivity contribution in [2.45, 2.75) is 45.1 Å². The highest BCUT2D eigenvalue weighted by atomic mass is 16.5. The molecule has 2 rings (SSSR count). The summed E-state index contributed by atoms with van der Waals surface area (Å²) in [6, 6.07) is 8.12. The second-order valence-electron chi connectivity index (χ2n) is 4.35. The predicted octanol–water partition coefficient (Wildman–Crippen LogP) is 3.41. The van der Waals surface area contributed by atoms with Crippen LogP contribution in [-0.2, 0) is 16.1 Å². The fourth-order valence-corrected chi connectivity index (χ4v) is 2.25. The highest BCUT2D eigenvalue weighted by Gasteiger charge is 2.28. The summed E-state index contributed by atoms with van der Waals surface area (Å²) in [5.41, 5.74) is 2.35. The molecule has 1 atom stereocenters. The third kappa shape index (κ3) is 2.26. The SMILES string of the molecule is CCCCCC1C(=O)OCc2ccccc21. The zero-order valence-corrected chi connectivity index (χ0v) is 9.74. The topological polar surface area (TPSA) is 26.3 Å². The zero-order chi connectivity index (χ0) is 11.4. The Bertz CT molecular complexity index is 371. The number of benzene rings is 1. The first-order valence-electron chi connectivity index (χ1n) is 6.07. The molecule has 0 aromatic heterocycles. The van der Waals surface area contributed by atoms with Crippen LogP contribution in [0.25, 0.3) is 0 Å². The lowest BCUT2D eigenvalue weighted by Crippen LogP contribution is -2.22. The summed E-state index contributed by atoms with van der Waals surface area (Å²) < 4.78 is 5.21. The van der Waals surface area contributed by atoms with E-state index in [0.717, 1.165) is 12.8 Å². The molecule has 1 unspecified atom stereocenters. The van der Waals surface area contributed by atoms with Gasteiger partial charge in [-0.15, -0.1) is 0 Å². The number of ether oxygens (including phenoxy) is 1. The lowest BCUT2D eigenvalue weighted by atomic mass is 9.88. The molecule has 0 radical (unpaired) electrons. The van der Waals surface area contributed by atoms with Crippen LogP contribution in [0.3, 0.4) is 0 Å². The van der Waals surface area contributed by atoms with E-state index in [2.05, 4.69) is 19.1 Å². The molecule has 86 valence electrons. The van der Waals surface area contributed by atoms with Gasteiger partial charge in [-0.3, -0.25) is 4.79 Å². The van der Waals surface area contributed by atoms with Crippen molar-refractivity contribution < 1.29 is 9.53 Å². The van der Waals surface area contributed by atoms with Gasteiger partial charge in [0.05, 0.1) is 5.92 Å². The Labute approximate surface area is 96.6 Å². The van der Waals surface area contributed by atoms with E-state index in [1.54, 1.807) is 0 Å². The summed E-state index contributed by atoms with van der Waals surface area (Å²) in [6.45, 7) is 2.62. The molecule has 0 aliphatic carbocycles. The molecular formula is C14H18O2. The molecule has 1 heterocycles. The van der Waals surface area contributed by atoms with Gasteiger partial charge in [0.25, 0.3) is 0 Å². The summed E-state index contributed by atoms with van der Waals surface area (Å²) >= 11 is 0. The van der Waals surface area contributed by atoms with Gasteiger partial charge in [0, 0.05) is 0 Å². The molecule has 2 heteroatoms. The Kier molecular flexibility index (Phi) is 3.60. The van der Waals surface area contributed by atoms with Crippen LogP contribution in [0.2, 0.25) is 0 Å². The molecule has 0 saturated carbocycles. The molecule has 16 heavy (non-hydrogen) atoms. The monoisotopic (exact) mass is 218 g/mol. The second kappa shape index (κ2) is 5.15. The van der Waals surface area contributed by atoms with E-state index in [9.17, 15) is 4.79 Å². The molecule has 0 amide bonds. The summed E-state index contributed by atoms with van der Waals surface area (Å²) in [7, 11) is 0. The number of carbonyl (C=O) groups is 1. The molecule has 1 aliphatic heterocycles. The average molecular weight is 218 g/mol. The number of hydrogen-bond donors (Lipinski definition) is 0. The van der Waals surface area contributed by atoms with Gasteiger partial charge in [-0.05, 0) is 17.5 Å². The van der Waals surface area contributed by atoms with Crippen molar-refractivity contribution in [2.75, 3.05) is 0 Å². The maximum Gasteiger partial charge on any atom is 0.313 e. The first-order chi connectivity index (χ1) is 7.83. The minimum Gasteiger partial charge on any atom is -0.460 e. The highest BCUT2D eigenvalue weighted by molar-refractivity contribution is 5.80. The van der Waals surface area contributed by atoms with Crippen LogP contribution >= 0.6 is 0 Å². The molecule has 1 aromatic rings. The van der Waals surface area contributed by atoms with Crippen LogP contribution < -0.4 is 0 Å². The first kappa shape index (κ1) is 11.2. The van der Waals surface area contributed by atoms with E-state index in [-0.39, 0.29) is 11.9 Å². The molecule has 1 aromatic carbocycles. The average Bonchev–Trinajstić information content (AvgIpc) is 2.32. The quantitative estimate of drug-likeness (QED) is 0.572. The summed E-state index contributed by atoms with van der Waals surface area (Å²) in [4.78, 5) is 11.7. The number of esters is 1. The van der Waals surface area contributed by atoms with Crippen LogP contribution in [0.1, 0.15) is 49.7 Å². The van der Waals surface area contributed by atoms with E-state index in [1.807, 2.05) is 12.1 Å². The maximum atomic E-state index is 11.7. The largest absolute Gasteiger partial charge is 0.460 e. The summed E-state index contributed by atoms with van der Waals surface area (Å²) in [6.07, 6.45) is 4.39. The van der Waals surface area contributed by atoms with Crippen molar-refractivity contribution in [1.82, 2.24) is 0 Å². The van der Waals surface area contributed by atoms with E-state index in [1.165, 1.54) is 24.0 Å². The number of fused-ring (bicyclic) bond motifs is 1. The van der Waals surface area contributed by atoms with Crippen molar-refractivity contribution >= 4 is 5.97 Å². The third-order valence-corrected chi connectivity index (χ3v) is 3.18. The standard InChI is InChI=1S/C14H18O2/c1-2-3-4-9-13-12-8-6-5-7-11(12)10-16-14(13)15/h5-8,13H,2-4,9-10H2,1H3. The van der Waals surface area contributed by atoms with E-state index >= 15 is 0 Å². The molecule has 2 nitrogen and oxygen atoms in total. The fraction of sp³-hybridized carbons (Fsp3) is 0.500. The lowest BCUT2D eigenvalue weighted by molar-refractivity contribution is -0.148. The van der Waals surface area contributed by atoms with Gasteiger partial charge < -0.3 is 4.74 Å². The van der Waals surface area contributed by atoms with E-state index in [4.69, 9.17) is 4.74 Å². The Hall–Kier alpha value is -1.31. The van der Waals surface area contributed by atoms with Gasteiger partial charge in [0.1, 0.15) is 6.61 Å². The maximum absolute atomic E-state index is 11.7. The second-order valence-corrected chi connectivity index (χ2v) is 4.35. The fourth-order valence-electron chi connectivity index (χ4n) is 2.25. The molecule has 0 saturated heterocycles. The van der Waals surface area contributed by atoms with Crippen molar-refractivity contribution in [3.8, 4) is 0 Å². The lowest BCUT2D eigenvalue weighted by Gasteiger charge is -2.24. The van der Waals surface area contributed by atoms with E-state index < -0.39 is 0 Å². The number of rotatable bonds is 4. The van der Waals surface area contributed by atoms with Gasteiger partial charge in [-0.1, -0.05) is 50.5 Å². The molecular weight excluding hydrogens is 200 g/mol. The summed E-state index contributed by atoms with van der Waals surface area (Å²) in [5.74, 6) is -0.0775. The van der Waals surface area contributed by atoms with Crippen molar-refractivity contribution in [3.63, 3.8) is 0 Å². The van der Waals surface area contributed by atoms with Crippen molar-refractivity contribution in [1.29, 1.82) is 0 Å². The van der Waals surface area contributed by atoms with Crippen LogP contribution in [0.4, 0.5) is 0 Å². The van der Waals surface area contributed by atoms with Gasteiger partial charge >= 0.3 is 5.97 Å². The molecule has 0 N–H and O–H groups in total. The Balaban J connectivity index is 2.13. The molecule has 0 bridgehead atoms. The first-order valence-corrected chi connectivity index (χ1v) is 6.07.